The maximum Gasteiger partial charge on any atom is 0.257 e. The van der Waals surface area contributed by atoms with Gasteiger partial charge in [-0.3, -0.25) is 14.9 Å². The number of hydrogen-bond acceptors (Lipinski definition) is 5. The van der Waals surface area contributed by atoms with Crippen LogP contribution in [0.1, 0.15) is 27.6 Å². The summed E-state index contributed by atoms with van der Waals surface area (Å²) in [5.41, 5.74) is 2.74. The zero-order chi connectivity index (χ0) is 20.9. The van der Waals surface area contributed by atoms with Gasteiger partial charge in [-0.2, -0.15) is 0 Å². The van der Waals surface area contributed by atoms with Crippen molar-refractivity contribution in [2.24, 2.45) is 0 Å². The maximum absolute atomic E-state index is 12.4. The number of Topliss-reactive ketones (excluding diaryl/α,β-unsaturated/α-hetero) is 1. The Kier molecular flexibility index (Phi) is 5.68. The Morgan fingerprint density at radius 2 is 1.47 bits per heavy atom. The van der Waals surface area contributed by atoms with Crippen LogP contribution >= 0.6 is 11.3 Å². The average Bonchev–Trinajstić information content (AvgIpc) is 3.23. The molecule has 4 aromatic rings. The van der Waals surface area contributed by atoms with Crippen molar-refractivity contribution in [3.05, 3.63) is 95.4 Å². The Morgan fingerprint density at radius 3 is 2.13 bits per heavy atom. The van der Waals surface area contributed by atoms with Gasteiger partial charge in [-0.05, 0) is 55.5 Å². The molecule has 0 aliphatic heterocycles. The third-order valence-corrected chi connectivity index (χ3v) is 5.16. The van der Waals surface area contributed by atoms with Crippen molar-refractivity contribution in [3.8, 4) is 22.8 Å². The van der Waals surface area contributed by atoms with Crippen molar-refractivity contribution in [3.63, 3.8) is 0 Å². The fraction of sp³-hybridized carbons (Fsp3) is 0.0417. The Hall–Kier alpha value is -3.77. The molecule has 3 aromatic carbocycles. The van der Waals surface area contributed by atoms with Gasteiger partial charge in [0.05, 0.1) is 5.69 Å². The molecule has 0 unspecified atom stereocenters. The second-order valence-electron chi connectivity index (χ2n) is 6.57. The number of carbonyl (C=O) groups excluding carboxylic acids is 2. The summed E-state index contributed by atoms with van der Waals surface area (Å²) in [5.74, 6) is 1.22. The highest BCUT2D eigenvalue weighted by molar-refractivity contribution is 7.14. The van der Waals surface area contributed by atoms with Crippen LogP contribution in [-0.4, -0.2) is 16.7 Å². The van der Waals surface area contributed by atoms with Crippen LogP contribution in [-0.2, 0) is 0 Å². The van der Waals surface area contributed by atoms with Crippen molar-refractivity contribution in [2.75, 3.05) is 5.32 Å². The summed E-state index contributed by atoms with van der Waals surface area (Å²) in [5, 5.41) is 5.20. The molecule has 1 aromatic heterocycles. The molecule has 5 nitrogen and oxygen atoms in total. The minimum absolute atomic E-state index is 0.0355. The molecule has 6 heteroatoms. The van der Waals surface area contributed by atoms with Gasteiger partial charge in [0.2, 0.25) is 0 Å². The van der Waals surface area contributed by atoms with Crippen LogP contribution in [0.5, 0.6) is 11.5 Å². The number of carbonyl (C=O) groups is 2. The Bertz CT molecular complexity index is 1170. The zero-order valence-electron chi connectivity index (χ0n) is 16.2. The molecule has 0 radical (unpaired) electrons. The van der Waals surface area contributed by atoms with E-state index < -0.39 is 0 Å². The number of amides is 1. The van der Waals surface area contributed by atoms with E-state index in [0.29, 0.717) is 16.3 Å². The molecular formula is C24H18N2O3S. The Labute approximate surface area is 178 Å². The number of ketones is 1. The van der Waals surface area contributed by atoms with E-state index in [4.69, 9.17) is 4.74 Å². The molecule has 148 valence electrons. The number of aromatic nitrogens is 1. The summed E-state index contributed by atoms with van der Waals surface area (Å²) in [6.07, 6.45) is 0. The molecule has 0 saturated carbocycles. The summed E-state index contributed by atoms with van der Waals surface area (Å²) in [6.45, 7) is 1.49. The van der Waals surface area contributed by atoms with E-state index in [1.165, 1.54) is 18.3 Å². The smallest absolute Gasteiger partial charge is 0.257 e. The lowest BCUT2D eigenvalue weighted by atomic mass is 10.1. The predicted molar refractivity (Wildman–Crippen MR) is 118 cm³/mol. The van der Waals surface area contributed by atoms with Crippen molar-refractivity contribution in [2.45, 2.75) is 6.92 Å². The van der Waals surface area contributed by atoms with Crippen LogP contribution < -0.4 is 10.1 Å². The van der Waals surface area contributed by atoms with E-state index in [9.17, 15) is 9.59 Å². The lowest BCUT2D eigenvalue weighted by Crippen LogP contribution is -2.11. The summed E-state index contributed by atoms with van der Waals surface area (Å²) in [6, 6.07) is 23.8. The third-order valence-electron chi connectivity index (χ3n) is 4.41. The quantitative estimate of drug-likeness (QED) is 0.390. The second-order valence-corrected chi connectivity index (χ2v) is 7.42. The average molecular weight is 414 g/mol. The molecule has 0 spiro atoms. The number of hydrogen-bond donors (Lipinski definition) is 1. The summed E-state index contributed by atoms with van der Waals surface area (Å²) in [7, 11) is 0. The number of benzene rings is 3. The van der Waals surface area contributed by atoms with Gasteiger partial charge in [0.25, 0.3) is 5.91 Å². The molecule has 4 rings (SSSR count). The van der Waals surface area contributed by atoms with Crippen LogP contribution in [0.25, 0.3) is 11.3 Å². The number of thiazole rings is 1. The maximum atomic E-state index is 12.4. The van der Waals surface area contributed by atoms with Gasteiger partial charge in [-0.15, -0.1) is 11.3 Å². The van der Waals surface area contributed by atoms with Crippen LogP contribution in [0.2, 0.25) is 0 Å². The van der Waals surface area contributed by atoms with E-state index in [2.05, 4.69) is 10.3 Å². The SMILES string of the molecule is CC(=O)c1ccc(C(=O)Nc2nc(-c3ccc(Oc4ccccc4)cc3)cs2)cc1. The Morgan fingerprint density at radius 1 is 0.833 bits per heavy atom. The topological polar surface area (TPSA) is 68.3 Å². The summed E-state index contributed by atoms with van der Waals surface area (Å²) >= 11 is 1.35. The summed E-state index contributed by atoms with van der Waals surface area (Å²) in [4.78, 5) is 28.3. The third kappa shape index (κ3) is 4.61. The molecule has 30 heavy (non-hydrogen) atoms. The predicted octanol–water partition coefficient (Wildman–Crippen LogP) is 6.06. The molecule has 1 N–H and O–H groups in total. The number of ether oxygens (including phenoxy) is 1. The van der Waals surface area contributed by atoms with Gasteiger partial charge in [-0.25, -0.2) is 4.98 Å². The van der Waals surface area contributed by atoms with Crippen molar-refractivity contribution < 1.29 is 14.3 Å². The first-order valence-corrected chi connectivity index (χ1v) is 10.2. The van der Waals surface area contributed by atoms with Gasteiger partial charge >= 0.3 is 0 Å². The molecule has 0 aliphatic rings. The van der Waals surface area contributed by atoms with Crippen LogP contribution in [0.3, 0.4) is 0 Å². The van der Waals surface area contributed by atoms with Crippen LogP contribution in [0.4, 0.5) is 5.13 Å². The molecule has 0 saturated heterocycles. The van der Waals surface area contributed by atoms with Gasteiger partial charge in [-0.1, -0.05) is 30.3 Å². The highest BCUT2D eigenvalue weighted by atomic mass is 32.1. The van der Waals surface area contributed by atoms with Crippen LogP contribution in [0, 0.1) is 0 Å². The number of anilines is 1. The first kappa shape index (κ1) is 19.5. The standard InChI is InChI=1S/C24H18N2O3S/c1-16(27)17-7-9-19(10-8-17)23(28)26-24-25-22(15-30-24)18-11-13-21(14-12-18)29-20-5-3-2-4-6-20/h2-15H,1H3,(H,25,26,28). The molecule has 0 atom stereocenters. The second kappa shape index (κ2) is 8.71. The van der Waals surface area contributed by atoms with E-state index in [1.807, 2.05) is 60.0 Å². The largest absolute Gasteiger partial charge is 0.457 e. The highest BCUT2D eigenvalue weighted by Gasteiger charge is 2.11. The van der Waals surface area contributed by atoms with E-state index >= 15 is 0 Å². The molecular weight excluding hydrogens is 396 g/mol. The van der Waals surface area contributed by atoms with E-state index in [1.54, 1.807) is 24.3 Å². The normalized spacial score (nSPS) is 10.4. The van der Waals surface area contributed by atoms with Gasteiger partial charge in [0.1, 0.15) is 11.5 Å². The van der Waals surface area contributed by atoms with Crippen LogP contribution in [0.15, 0.2) is 84.2 Å². The summed E-state index contributed by atoms with van der Waals surface area (Å²) < 4.78 is 5.80. The molecule has 0 aliphatic carbocycles. The van der Waals surface area contributed by atoms with Crippen molar-refractivity contribution in [1.82, 2.24) is 4.98 Å². The van der Waals surface area contributed by atoms with Crippen molar-refractivity contribution in [1.29, 1.82) is 0 Å². The minimum Gasteiger partial charge on any atom is -0.457 e. The minimum atomic E-state index is -0.266. The molecule has 0 fully saturated rings. The zero-order valence-corrected chi connectivity index (χ0v) is 17.0. The van der Waals surface area contributed by atoms with E-state index in [0.717, 1.165) is 22.8 Å². The number of para-hydroxylation sites is 1. The molecule has 1 amide bonds. The van der Waals surface area contributed by atoms with Gasteiger partial charge in [0, 0.05) is 22.1 Å². The fourth-order valence-electron chi connectivity index (χ4n) is 2.81. The van der Waals surface area contributed by atoms with Crippen molar-refractivity contribution >= 4 is 28.2 Å². The fourth-order valence-corrected chi connectivity index (χ4v) is 3.52. The first-order chi connectivity index (χ1) is 14.6. The number of nitrogens with zero attached hydrogens (tertiary/aromatic N) is 1. The van der Waals surface area contributed by atoms with E-state index in [-0.39, 0.29) is 11.7 Å². The Balaban J connectivity index is 1.42. The molecule has 0 bridgehead atoms. The lowest BCUT2D eigenvalue weighted by Gasteiger charge is -2.06. The highest BCUT2D eigenvalue weighted by Crippen LogP contribution is 2.28. The lowest BCUT2D eigenvalue weighted by molar-refractivity contribution is 0.100. The molecule has 1 heterocycles. The van der Waals surface area contributed by atoms with Gasteiger partial charge < -0.3 is 4.74 Å². The number of nitrogens with one attached hydrogen (secondary N) is 1. The number of rotatable bonds is 6. The van der Waals surface area contributed by atoms with Gasteiger partial charge in [0.15, 0.2) is 10.9 Å². The first-order valence-electron chi connectivity index (χ1n) is 9.30. The monoisotopic (exact) mass is 414 g/mol.